The number of thiophene rings is 2. The topological polar surface area (TPSA) is 4.93 Å². The first-order valence-electron chi connectivity index (χ1n) is 14.7. The molecule has 0 aliphatic rings. The minimum atomic E-state index is 0.825. The molecule has 0 aliphatic heterocycles. The van der Waals surface area contributed by atoms with E-state index in [9.17, 15) is 0 Å². The molecule has 10 aromatic rings. The van der Waals surface area contributed by atoms with Gasteiger partial charge in [-0.05, 0) is 70.4 Å². The lowest BCUT2D eigenvalue weighted by Gasteiger charge is -2.09. The fourth-order valence-corrected chi connectivity index (χ4v) is 9.94. The lowest BCUT2D eigenvalue weighted by Crippen LogP contribution is -1.93. The fourth-order valence-electron chi connectivity index (χ4n) is 7.10. The second-order valence-corrected chi connectivity index (χ2v) is 14.0. The summed E-state index contributed by atoms with van der Waals surface area (Å²) in [6, 6.07) is 48.7. The molecule has 0 N–H and O–H groups in total. The number of halogens is 1. The van der Waals surface area contributed by atoms with Gasteiger partial charge in [0.05, 0.1) is 11.0 Å². The predicted octanol–water partition coefficient (Wildman–Crippen LogP) is 13.0. The monoisotopic (exact) mass is 615 g/mol. The average molecular weight is 616 g/mol. The smallest absolute Gasteiger partial charge is 0.0547 e. The molecule has 0 fully saturated rings. The van der Waals surface area contributed by atoms with Crippen molar-refractivity contribution in [1.29, 1.82) is 0 Å². The van der Waals surface area contributed by atoms with Gasteiger partial charge in [0.25, 0.3) is 0 Å². The van der Waals surface area contributed by atoms with E-state index in [1.165, 1.54) is 89.7 Å². The summed E-state index contributed by atoms with van der Waals surface area (Å²) in [5.74, 6) is 0. The molecule has 0 saturated heterocycles. The first kappa shape index (κ1) is 24.7. The first-order chi connectivity index (χ1) is 21.7. The van der Waals surface area contributed by atoms with Crippen molar-refractivity contribution >= 4 is 107 Å². The van der Waals surface area contributed by atoms with E-state index in [-0.39, 0.29) is 0 Å². The molecular formula is C40H22ClNS2. The Kier molecular flexibility index (Phi) is 5.15. The lowest BCUT2D eigenvalue weighted by atomic mass is 10.00. The Morgan fingerprint density at radius 2 is 1.23 bits per heavy atom. The van der Waals surface area contributed by atoms with E-state index in [0.29, 0.717) is 0 Å². The summed E-state index contributed by atoms with van der Waals surface area (Å²) in [4.78, 5) is 0. The Morgan fingerprint density at radius 3 is 2.14 bits per heavy atom. The van der Waals surface area contributed by atoms with Crippen LogP contribution in [0, 0.1) is 0 Å². The molecular weight excluding hydrogens is 594 g/mol. The molecule has 44 heavy (non-hydrogen) atoms. The van der Waals surface area contributed by atoms with Crippen molar-refractivity contribution < 1.29 is 0 Å². The molecule has 0 unspecified atom stereocenters. The summed E-state index contributed by atoms with van der Waals surface area (Å²) >= 11 is 10.4. The van der Waals surface area contributed by atoms with Crippen molar-refractivity contribution in [2.24, 2.45) is 0 Å². The van der Waals surface area contributed by atoms with Gasteiger partial charge in [0.2, 0.25) is 0 Å². The fraction of sp³-hybridized carbons (Fsp3) is 0. The minimum Gasteiger partial charge on any atom is -0.309 e. The van der Waals surface area contributed by atoms with Crippen LogP contribution in [0.15, 0.2) is 133 Å². The van der Waals surface area contributed by atoms with Gasteiger partial charge in [-0.15, -0.1) is 22.7 Å². The number of nitrogens with zero attached hydrogens (tertiary/aromatic N) is 1. The lowest BCUT2D eigenvalue weighted by molar-refractivity contribution is 1.18. The molecule has 0 spiro atoms. The number of rotatable bonds is 2. The molecule has 0 bridgehead atoms. The summed E-state index contributed by atoms with van der Waals surface area (Å²) < 4.78 is 7.61. The van der Waals surface area contributed by atoms with Crippen LogP contribution in [0.3, 0.4) is 0 Å². The van der Waals surface area contributed by atoms with Gasteiger partial charge in [0.1, 0.15) is 0 Å². The van der Waals surface area contributed by atoms with Crippen LogP contribution in [0.25, 0.3) is 89.7 Å². The van der Waals surface area contributed by atoms with E-state index in [1.54, 1.807) is 0 Å². The maximum atomic E-state index is 6.66. The number of hydrogen-bond acceptors (Lipinski definition) is 2. The van der Waals surface area contributed by atoms with Crippen LogP contribution < -0.4 is 0 Å². The number of benzene rings is 7. The summed E-state index contributed by atoms with van der Waals surface area (Å²) in [6.07, 6.45) is 0. The van der Waals surface area contributed by atoms with E-state index in [0.717, 1.165) is 5.02 Å². The van der Waals surface area contributed by atoms with Gasteiger partial charge in [-0.1, -0.05) is 96.5 Å². The third kappa shape index (κ3) is 3.40. The van der Waals surface area contributed by atoms with Gasteiger partial charge in [0, 0.05) is 61.8 Å². The molecule has 10 rings (SSSR count). The van der Waals surface area contributed by atoms with Crippen molar-refractivity contribution in [3.05, 3.63) is 138 Å². The summed E-state index contributed by atoms with van der Waals surface area (Å²) in [5, 5.41) is 11.0. The van der Waals surface area contributed by atoms with Crippen molar-refractivity contribution in [3.63, 3.8) is 0 Å². The number of aromatic nitrogens is 1. The van der Waals surface area contributed by atoms with Gasteiger partial charge in [0.15, 0.2) is 0 Å². The van der Waals surface area contributed by atoms with Gasteiger partial charge < -0.3 is 4.57 Å². The zero-order chi connectivity index (χ0) is 28.9. The summed E-state index contributed by atoms with van der Waals surface area (Å²) in [5.41, 5.74) is 6.08. The summed E-state index contributed by atoms with van der Waals surface area (Å²) in [6.45, 7) is 0. The van der Waals surface area contributed by atoms with Gasteiger partial charge in [-0.25, -0.2) is 0 Å². The Labute approximate surface area is 265 Å². The first-order valence-corrected chi connectivity index (χ1v) is 16.7. The highest BCUT2D eigenvalue weighted by atomic mass is 35.5. The predicted molar refractivity (Wildman–Crippen MR) is 195 cm³/mol. The van der Waals surface area contributed by atoms with Gasteiger partial charge in [-0.2, -0.15) is 0 Å². The quantitative estimate of drug-likeness (QED) is 0.182. The highest BCUT2D eigenvalue weighted by Crippen LogP contribution is 2.47. The third-order valence-corrected chi connectivity index (χ3v) is 11.7. The van der Waals surface area contributed by atoms with Crippen LogP contribution in [0.4, 0.5) is 0 Å². The van der Waals surface area contributed by atoms with Gasteiger partial charge in [-0.3, -0.25) is 0 Å². The maximum absolute atomic E-state index is 6.66. The number of fused-ring (bicyclic) bond motifs is 12. The van der Waals surface area contributed by atoms with E-state index < -0.39 is 0 Å². The highest BCUT2D eigenvalue weighted by Gasteiger charge is 2.18. The Morgan fingerprint density at radius 1 is 0.455 bits per heavy atom. The molecule has 7 aromatic carbocycles. The zero-order valence-electron chi connectivity index (χ0n) is 23.3. The third-order valence-electron chi connectivity index (χ3n) is 9.05. The SMILES string of the molecule is Clc1cccc2sc3c(ccc4sc5cc(-c6ccc7c8c9ccccc9ccc8n(-c8ccccc8)c7c6)ccc5c43)c12. The summed E-state index contributed by atoms with van der Waals surface area (Å²) in [7, 11) is 0. The number of para-hydroxylation sites is 1. The average Bonchev–Trinajstić information content (AvgIpc) is 3.74. The molecule has 3 aromatic heterocycles. The molecule has 206 valence electrons. The van der Waals surface area contributed by atoms with Crippen LogP contribution in [0.2, 0.25) is 5.02 Å². The highest BCUT2D eigenvalue weighted by molar-refractivity contribution is 7.29. The zero-order valence-corrected chi connectivity index (χ0v) is 25.7. The van der Waals surface area contributed by atoms with Crippen molar-refractivity contribution in [2.45, 2.75) is 0 Å². The van der Waals surface area contributed by atoms with Crippen LogP contribution in [-0.4, -0.2) is 4.57 Å². The van der Waals surface area contributed by atoms with Crippen LogP contribution in [0.5, 0.6) is 0 Å². The van der Waals surface area contributed by atoms with E-state index in [4.69, 9.17) is 11.6 Å². The van der Waals surface area contributed by atoms with Crippen molar-refractivity contribution in [3.8, 4) is 16.8 Å². The maximum Gasteiger partial charge on any atom is 0.0547 e. The molecule has 0 aliphatic carbocycles. The second kappa shape index (κ2) is 9.17. The molecule has 3 heterocycles. The second-order valence-electron chi connectivity index (χ2n) is 11.4. The van der Waals surface area contributed by atoms with E-state index in [2.05, 4.69) is 126 Å². The van der Waals surface area contributed by atoms with E-state index >= 15 is 0 Å². The van der Waals surface area contributed by atoms with Crippen LogP contribution in [0.1, 0.15) is 0 Å². The van der Waals surface area contributed by atoms with Crippen LogP contribution >= 0.6 is 34.3 Å². The van der Waals surface area contributed by atoms with Gasteiger partial charge >= 0.3 is 0 Å². The molecule has 0 radical (unpaired) electrons. The molecule has 4 heteroatoms. The Hall–Kier alpha value is -4.67. The molecule has 0 amide bonds. The Balaban J connectivity index is 1.22. The molecule has 0 atom stereocenters. The van der Waals surface area contributed by atoms with Crippen molar-refractivity contribution in [1.82, 2.24) is 4.57 Å². The largest absolute Gasteiger partial charge is 0.309 e. The normalized spacial score (nSPS) is 12.2. The van der Waals surface area contributed by atoms with E-state index in [1.807, 2.05) is 34.8 Å². The van der Waals surface area contributed by atoms with Crippen molar-refractivity contribution in [2.75, 3.05) is 0 Å². The number of hydrogen-bond donors (Lipinski definition) is 0. The standard InChI is InChI=1S/C40H22ClNS2/c41-31-11-6-12-34-38(31)30-18-20-35-39(40(30)44-34)29-17-14-25(22-36(29)43-35)24-13-16-28-33(21-24)42(26-8-2-1-3-9-26)32-19-15-23-7-4-5-10-27(23)37(28)32/h1-22H. The van der Waals surface area contributed by atoms with Crippen LogP contribution in [-0.2, 0) is 0 Å². The molecule has 0 saturated carbocycles. The molecule has 1 nitrogen and oxygen atoms in total. The minimum absolute atomic E-state index is 0.825. The Bertz CT molecular complexity index is 2780.